The molecule has 4 rings (SSSR count). The summed E-state index contributed by atoms with van der Waals surface area (Å²) in [5.74, 6) is -6.04. The molecule has 0 aromatic heterocycles. The number of halogens is 3. The van der Waals surface area contributed by atoms with E-state index in [-0.39, 0.29) is 18.4 Å². The Morgan fingerprint density at radius 3 is 2.54 bits per heavy atom. The summed E-state index contributed by atoms with van der Waals surface area (Å²) in [6.07, 6.45) is 1.69. The Bertz CT molecular complexity index is 1220. The molecule has 41 heavy (non-hydrogen) atoms. The van der Waals surface area contributed by atoms with E-state index in [1.165, 1.54) is 0 Å². The Morgan fingerprint density at radius 1 is 1.20 bits per heavy atom. The van der Waals surface area contributed by atoms with Gasteiger partial charge >= 0.3 is 0 Å². The molecule has 1 aromatic rings. The number of benzene rings is 1. The molecule has 10 heteroatoms. The highest BCUT2D eigenvalue weighted by molar-refractivity contribution is 6.30. The molecule has 0 spiro atoms. The topological polar surface area (TPSA) is 102 Å². The normalized spacial score (nSPS) is 29.1. The van der Waals surface area contributed by atoms with E-state index >= 15 is 8.78 Å². The fourth-order valence-corrected chi connectivity index (χ4v) is 7.68. The van der Waals surface area contributed by atoms with Gasteiger partial charge in [-0.05, 0) is 61.4 Å². The quantitative estimate of drug-likeness (QED) is 0.321. The van der Waals surface area contributed by atoms with Crippen LogP contribution in [-0.2, 0) is 9.59 Å². The van der Waals surface area contributed by atoms with Crippen molar-refractivity contribution < 1.29 is 28.6 Å². The van der Waals surface area contributed by atoms with Crippen LogP contribution in [0.15, 0.2) is 47.7 Å². The Labute approximate surface area is 246 Å². The molecule has 0 saturated carbocycles. The van der Waals surface area contributed by atoms with Gasteiger partial charge in [-0.1, -0.05) is 51.4 Å². The van der Waals surface area contributed by atoms with Crippen LogP contribution in [-0.4, -0.2) is 65.3 Å². The van der Waals surface area contributed by atoms with Gasteiger partial charge < -0.3 is 20.8 Å². The van der Waals surface area contributed by atoms with E-state index < -0.39 is 71.9 Å². The number of nitrogens with one attached hydrogen (secondary N) is 2. The van der Waals surface area contributed by atoms with Crippen molar-refractivity contribution >= 4 is 23.4 Å². The van der Waals surface area contributed by atoms with Gasteiger partial charge in [0.25, 0.3) is 0 Å². The van der Waals surface area contributed by atoms with Crippen molar-refractivity contribution in [2.45, 2.75) is 71.1 Å². The average Bonchev–Trinajstić information content (AvgIpc) is 2.96. The van der Waals surface area contributed by atoms with Crippen LogP contribution in [0.5, 0.6) is 0 Å². The molecule has 2 unspecified atom stereocenters. The van der Waals surface area contributed by atoms with Crippen molar-refractivity contribution in [1.29, 1.82) is 0 Å². The fourth-order valence-electron chi connectivity index (χ4n) is 7.48. The van der Waals surface area contributed by atoms with Crippen LogP contribution < -0.4 is 10.6 Å². The standard InChI is InChI=1S/C31H42ClF2N3O4/c1-16(2)13-31(3,4)14-22-24-21-12-20(33)27(34)25(24)26(29(40)36-21)23(17-7-6-8-18(32)11-17)28(37(22)5)30(41)35-10-9-19(39)15-38/h6-8,11-12,16,19,22-26,28,38-39H,9-10,13-15H2,1-5H3,(H,35,41)(H,36,40)/t19-,22+,23+,24?,25?,26-,28+/m0/s1. The Balaban J connectivity index is 1.89. The summed E-state index contributed by atoms with van der Waals surface area (Å²) in [7, 11) is 1.82. The van der Waals surface area contributed by atoms with Gasteiger partial charge in [0.2, 0.25) is 11.8 Å². The predicted molar refractivity (Wildman–Crippen MR) is 154 cm³/mol. The number of hydrogen-bond donors (Lipinski definition) is 4. The van der Waals surface area contributed by atoms with Gasteiger partial charge in [0.05, 0.1) is 24.7 Å². The van der Waals surface area contributed by atoms with E-state index in [1.54, 1.807) is 24.3 Å². The third-order valence-electron chi connectivity index (χ3n) is 8.82. The van der Waals surface area contributed by atoms with E-state index in [2.05, 4.69) is 38.3 Å². The first kappa shape index (κ1) is 31.6. The number of aliphatic hydroxyl groups is 2. The van der Waals surface area contributed by atoms with Gasteiger partial charge in [-0.25, -0.2) is 8.78 Å². The molecule has 226 valence electrons. The smallest absolute Gasteiger partial charge is 0.238 e. The average molecular weight is 594 g/mol. The maximum atomic E-state index is 16.0. The predicted octanol–water partition coefficient (Wildman–Crippen LogP) is 4.45. The number of piperidine rings is 1. The van der Waals surface area contributed by atoms with E-state index in [9.17, 15) is 19.8 Å². The molecular weight excluding hydrogens is 552 g/mol. The van der Waals surface area contributed by atoms with Gasteiger partial charge in [-0.2, -0.15) is 0 Å². The molecule has 0 radical (unpaired) electrons. The van der Waals surface area contributed by atoms with Crippen LogP contribution in [0.3, 0.4) is 0 Å². The molecule has 2 amide bonds. The number of amides is 2. The Hall–Kier alpha value is -2.33. The fraction of sp³-hybridized carbons (Fsp3) is 0.613. The molecule has 1 aromatic carbocycles. The molecule has 7 atom stereocenters. The van der Waals surface area contributed by atoms with Crippen molar-refractivity contribution in [1.82, 2.24) is 15.5 Å². The number of carbonyl (C=O) groups is 2. The monoisotopic (exact) mass is 593 g/mol. The lowest BCUT2D eigenvalue weighted by Crippen LogP contribution is -2.54. The minimum Gasteiger partial charge on any atom is -0.394 e. The zero-order valence-corrected chi connectivity index (χ0v) is 25.1. The summed E-state index contributed by atoms with van der Waals surface area (Å²) >= 11 is 6.37. The van der Waals surface area contributed by atoms with Crippen LogP contribution in [0.4, 0.5) is 8.78 Å². The number of hydrogen-bond acceptors (Lipinski definition) is 5. The molecule has 2 aliphatic heterocycles. The third kappa shape index (κ3) is 6.53. The van der Waals surface area contributed by atoms with Crippen LogP contribution in [0.2, 0.25) is 5.02 Å². The van der Waals surface area contributed by atoms with Gasteiger partial charge in [0, 0.05) is 41.1 Å². The SMILES string of the molecule is CC(C)CC(C)(C)C[C@@H]1C2C3=CC(F)=C(F)C2[C@@H](C(=O)N3)[C@@H](c2cccc(Cl)c2)[C@H](C(=O)NCC[C@H](O)CO)N1C. The minimum absolute atomic E-state index is 0.0917. The lowest BCUT2D eigenvalue weighted by Gasteiger charge is -2.46. The second kappa shape index (κ2) is 12.5. The Morgan fingerprint density at radius 2 is 1.90 bits per heavy atom. The van der Waals surface area contributed by atoms with E-state index in [0.717, 1.165) is 12.5 Å². The number of nitrogens with zero attached hydrogens (tertiary/aromatic N) is 1. The highest BCUT2D eigenvalue weighted by Crippen LogP contribution is 2.55. The largest absolute Gasteiger partial charge is 0.394 e. The van der Waals surface area contributed by atoms with Gasteiger partial charge in [-0.3, -0.25) is 14.5 Å². The number of rotatable bonds is 10. The molecule has 3 aliphatic rings. The summed E-state index contributed by atoms with van der Waals surface area (Å²) in [6, 6.07) is 5.49. The molecule has 4 N–H and O–H groups in total. The lowest BCUT2D eigenvalue weighted by molar-refractivity contribution is -0.131. The maximum absolute atomic E-state index is 16.0. The first-order chi connectivity index (χ1) is 19.3. The molecule has 2 fully saturated rings. The highest BCUT2D eigenvalue weighted by Gasteiger charge is 2.60. The maximum Gasteiger partial charge on any atom is 0.238 e. The summed E-state index contributed by atoms with van der Waals surface area (Å²) < 4.78 is 31.0. The molecule has 1 aliphatic carbocycles. The molecule has 2 heterocycles. The molecule has 7 nitrogen and oxygen atoms in total. The van der Waals surface area contributed by atoms with Crippen molar-refractivity contribution in [3.8, 4) is 0 Å². The molecule has 2 saturated heterocycles. The number of likely N-dealkylation sites (N-methyl/N-ethyl adjacent to an activating group) is 1. The van der Waals surface area contributed by atoms with Gasteiger partial charge in [-0.15, -0.1) is 0 Å². The summed E-state index contributed by atoms with van der Waals surface area (Å²) in [4.78, 5) is 29.7. The van der Waals surface area contributed by atoms with Crippen molar-refractivity contribution in [3.63, 3.8) is 0 Å². The van der Waals surface area contributed by atoms with E-state index in [1.807, 2.05) is 11.9 Å². The van der Waals surface area contributed by atoms with Crippen molar-refractivity contribution in [2.24, 2.45) is 29.1 Å². The summed E-state index contributed by atoms with van der Waals surface area (Å²) in [5, 5.41) is 25.2. The minimum atomic E-state index is -1.09. The van der Waals surface area contributed by atoms with Crippen LogP contribution in [0.25, 0.3) is 0 Å². The second-order valence-corrected chi connectivity index (χ2v) is 13.4. The number of carbonyl (C=O) groups excluding carboxylic acids is 2. The third-order valence-corrected chi connectivity index (χ3v) is 9.06. The highest BCUT2D eigenvalue weighted by atomic mass is 35.5. The van der Waals surface area contributed by atoms with Gasteiger partial charge in [0.1, 0.15) is 5.83 Å². The van der Waals surface area contributed by atoms with Crippen LogP contribution >= 0.6 is 11.6 Å². The zero-order chi connectivity index (χ0) is 30.2. The summed E-state index contributed by atoms with van der Waals surface area (Å²) in [5.41, 5.74) is 0.705. The number of aliphatic hydroxyl groups excluding tert-OH is 2. The van der Waals surface area contributed by atoms with Gasteiger partial charge in [0.15, 0.2) is 5.83 Å². The zero-order valence-electron chi connectivity index (χ0n) is 24.3. The molecular formula is C31H42ClF2N3O4. The summed E-state index contributed by atoms with van der Waals surface area (Å²) in [6.45, 7) is 8.21. The van der Waals surface area contributed by atoms with Crippen molar-refractivity contribution in [3.05, 3.63) is 58.3 Å². The van der Waals surface area contributed by atoms with Crippen LogP contribution in [0, 0.1) is 29.1 Å². The van der Waals surface area contributed by atoms with Crippen LogP contribution in [0.1, 0.15) is 58.4 Å². The number of allylic oxidation sites excluding steroid dienone is 3. The first-order valence-corrected chi connectivity index (χ1v) is 14.7. The molecule has 4 bridgehead atoms. The first-order valence-electron chi connectivity index (χ1n) is 14.4. The van der Waals surface area contributed by atoms with E-state index in [0.29, 0.717) is 28.6 Å². The van der Waals surface area contributed by atoms with Crippen molar-refractivity contribution in [2.75, 3.05) is 20.2 Å². The lowest BCUT2D eigenvalue weighted by atomic mass is 9.63. The second-order valence-electron chi connectivity index (χ2n) is 13.0. The Kier molecular flexibility index (Phi) is 9.63. The van der Waals surface area contributed by atoms with E-state index in [4.69, 9.17) is 11.6 Å². The number of likely N-dealkylation sites (tertiary alicyclic amines) is 1.